The number of fused-ring (bicyclic) bond motifs is 3. The summed E-state index contributed by atoms with van der Waals surface area (Å²) in [5.74, 6) is 0.743. The lowest BCUT2D eigenvalue weighted by atomic mass is 9.94. The van der Waals surface area contributed by atoms with E-state index < -0.39 is 0 Å². The number of aromatic nitrogens is 1. The molecule has 0 radical (unpaired) electrons. The smallest absolute Gasteiger partial charge is 0.0610 e. The highest BCUT2D eigenvalue weighted by Gasteiger charge is 2.26. The molecule has 4 heteroatoms. The van der Waals surface area contributed by atoms with Crippen LogP contribution in [0.5, 0.6) is 0 Å². The summed E-state index contributed by atoms with van der Waals surface area (Å²) >= 11 is 0. The number of anilines is 1. The minimum atomic E-state index is 0.602. The minimum Gasteiger partial charge on any atom is -0.399 e. The van der Waals surface area contributed by atoms with Crippen molar-refractivity contribution in [3.63, 3.8) is 0 Å². The average Bonchev–Trinajstić information content (AvgIpc) is 3.35. The molecular weight excluding hydrogens is 344 g/mol. The number of benzene rings is 2. The van der Waals surface area contributed by atoms with Crippen molar-refractivity contribution < 1.29 is 0 Å². The van der Waals surface area contributed by atoms with Gasteiger partial charge in [-0.15, -0.1) is 0 Å². The first kappa shape index (κ1) is 17.1. The van der Waals surface area contributed by atoms with E-state index in [2.05, 4.69) is 54.3 Å². The Morgan fingerprint density at radius 3 is 2.61 bits per heavy atom. The number of hydrogen-bond acceptors (Lipinski definition) is 3. The van der Waals surface area contributed by atoms with Crippen LogP contribution >= 0.6 is 0 Å². The Kier molecular flexibility index (Phi) is 3.66. The van der Waals surface area contributed by atoms with Gasteiger partial charge in [0.05, 0.1) is 17.6 Å². The molecule has 2 heterocycles. The van der Waals surface area contributed by atoms with E-state index in [1.54, 1.807) is 0 Å². The fourth-order valence-corrected chi connectivity index (χ4v) is 4.55. The monoisotopic (exact) mass is 370 g/mol. The van der Waals surface area contributed by atoms with E-state index in [0.29, 0.717) is 5.70 Å². The standard InChI is InChI=1S/C24H26N4/c1-13-11-27-15(3)23(13)17-8-20(14(2)25)24-21(9-17)19-7-6-18(26)10-22(19)28(24)12-16-4-5-16/h6-10,16H,2,4-5,11-12,25-26H2,1,3H3. The van der Waals surface area contributed by atoms with Gasteiger partial charge in [0.2, 0.25) is 0 Å². The Bertz CT molecular complexity index is 1220. The van der Waals surface area contributed by atoms with Crippen LogP contribution in [0, 0.1) is 5.92 Å². The van der Waals surface area contributed by atoms with Gasteiger partial charge in [0.15, 0.2) is 0 Å². The number of aliphatic imine (C=N–C) groups is 1. The van der Waals surface area contributed by atoms with Gasteiger partial charge >= 0.3 is 0 Å². The van der Waals surface area contributed by atoms with Crippen molar-refractivity contribution >= 4 is 44.5 Å². The van der Waals surface area contributed by atoms with Crippen LogP contribution in [0.15, 0.2) is 47.5 Å². The minimum absolute atomic E-state index is 0.602. The third-order valence-electron chi connectivity index (χ3n) is 6.10. The molecule has 1 aliphatic heterocycles. The fourth-order valence-electron chi connectivity index (χ4n) is 4.55. The molecular formula is C24H26N4. The second kappa shape index (κ2) is 5.99. The van der Waals surface area contributed by atoms with Gasteiger partial charge in [-0.2, -0.15) is 0 Å². The summed E-state index contributed by atoms with van der Waals surface area (Å²) < 4.78 is 2.41. The van der Waals surface area contributed by atoms with E-state index in [-0.39, 0.29) is 0 Å². The number of nitrogens with zero attached hydrogens (tertiary/aromatic N) is 2. The number of rotatable bonds is 4. The molecule has 1 aromatic heterocycles. The van der Waals surface area contributed by atoms with Crippen LogP contribution in [0.3, 0.4) is 0 Å². The molecule has 2 aliphatic rings. The first-order valence-electron chi connectivity index (χ1n) is 9.96. The van der Waals surface area contributed by atoms with Crippen molar-refractivity contribution in [2.24, 2.45) is 16.6 Å². The van der Waals surface area contributed by atoms with Crippen LogP contribution in [0.2, 0.25) is 0 Å². The van der Waals surface area contributed by atoms with E-state index in [1.807, 2.05) is 6.07 Å². The maximum atomic E-state index is 6.30. The van der Waals surface area contributed by atoms with Crippen LogP contribution < -0.4 is 11.5 Å². The normalized spacial score (nSPS) is 17.0. The van der Waals surface area contributed by atoms with Crippen LogP contribution in [-0.2, 0) is 6.54 Å². The highest BCUT2D eigenvalue weighted by Crippen LogP contribution is 2.40. The van der Waals surface area contributed by atoms with Gasteiger partial charge in [0, 0.05) is 45.5 Å². The van der Waals surface area contributed by atoms with E-state index in [4.69, 9.17) is 11.5 Å². The Labute approximate surface area is 165 Å². The lowest BCUT2D eigenvalue weighted by Crippen LogP contribution is -2.05. The summed E-state index contributed by atoms with van der Waals surface area (Å²) in [6.45, 7) is 10.1. The predicted molar refractivity (Wildman–Crippen MR) is 120 cm³/mol. The summed E-state index contributed by atoms with van der Waals surface area (Å²) in [4.78, 5) is 4.62. The van der Waals surface area contributed by atoms with Gasteiger partial charge in [-0.1, -0.05) is 12.6 Å². The average molecular weight is 371 g/mol. The van der Waals surface area contributed by atoms with Crippen LogP contribution in [0.25, 0.3) is 33.1 Å². The second-order valence-electron chi connectivity index (χ2n) is 8.33. The van der Waals surface area contributed by atoms with Gasteiger partial charge < -0.3 is 16.0 Å². The van der Waals surface area contributed by atoms with Crippen LogP contribution in [-0.4, -0.2) is 16.8 Å². The Morgan fingerprint density at radius 1 is 1.18 bits per heavy atom. The number of allylic oxidation sites excluding steroid dienone is 1. The Hall–Kier alpha value is -3.01. The molecule has 4 N–H and O–H groups in total. The third kappa shape index (κ3) is 2.55. The number of nitrogens with two attached hydrogens (primary N) is 2. The molecule has 1 aliphatic carbocycles. The zero-order chi connectivity index (χ0) is 19.6. The molecule has 3 aromatic rings. The summed E-state index contributed by atoms with van der Waals surface area (Å²) in [5, 5.41) is 2.44. The summed E-state index contributed by atoms with van der Waals surface area (Å²) in [6, 6.07) is 10.7. The molecule has 0 saturated heterocycles. The highest BCUT2D eigenvalue weighted by atomic mass is 15.0. The maximum Gasteiger partial charge on any atom is 0.0610 e. The van der Waals surface area contributed by atoms with Crippen molar-refractivity contribution in [1.82, 2.24) is 4.57 Å². The van der Waals surface area contributed by atoms with Gasteiger partial charge in [-0.05, 0) is 68.0 Å². The van der Waals surface area contributed by atoms with E-state index in [0.717, 1.165) is 36.0 Å². The first-order valence-corrected chi connectivity index (χ1v) is 9.96. The quantitative estimate of drug-likeness (QED) is 0.637. The van der Waals surface area contributed by atoms with Crippen molar-refractivity contribution in [2.75, 3.05) is 12.3 Å². The molecule has 2 aromatic carbocycles. The topological polar surface area (TPSA) is 69.3 Å². The molecule has 4 nitrogen and oxygen atoms in total. The molecule has 28 heavy (non-hydrogen) atoms. The van der Waals surface area contributed by atoms with Gasteiger partial charge in [0.1, 0.15) is 0 Å². The van der Waals surface area contributed by atoms with E-state index >= 15 is 0 Å². The van der Waals surface area contributed by atoms with Crippen LogP contribution in [0.4, 0.5) is 5.69 Å². The maximum absolute atomic E-state index is 6.30. The molecule has 0 amide bonds. The van der Waals surface area contributed by atoms with Gasteiger partial charge in [-0.25, -0.2) is 0 Å². The van der Waals surface area contributed by atoms with Crippen molar-refractivity contribution in [3.8, 4) is 0 Å². The first-order chi connectivity index (χ1) is 13.4. The fraction of sp³-hybridized carbons (Fsp3) is 0.292. The molecule has 0 atom stereocenters. The molecule has 0 spiro atoms. The molecule has 1 fully saturated rings. The van der Waals surface area contributed by atoms with Crippen molar-refractivity contribution in [3.05, 3.63) is 53.6 Å². The summed E-state index contributed by atoms with van der Waals surface area (Å²) in [6.07, 6.45) is 2.59. The second-order valence-corrected chi connectivity index (χ2v) is 8.33. The lowest BCUT2D eigenvalue weighted by molar-refractivity contribution is 0.664. The molecule has 1 saturated carbocycles. The van der Waals surface area contributed by atoms with Crippen LogP contribution in [0.1, 0.15) is 37.8 Å². The predicted octanol–water partition coefficient (Wildman–Crippen LogP) is 4.96. The van der Waals surface area contributed by atoms with E-state index in [1.165, 1.54) is 51.4 Å². The molecule has 0 bridgehead atoms. The lowest BCUT2D eigenvalue weighted by Gasteiger charge is -2.14. The Balaban J connectivity index is 1.89. The number of nitrogen functional groups attached to an aromatic ring is 1. The Morgan fingerprint density at radius 2 is 1.96 bits per heavy atom. The largest absolute Gasteiger partial charge is 0.399 e. The SMILES string of the molecule is C=C(N)c1cc(C2=C(C)CN=C2C)cc2c3ccc(N)cc3n(CC3CC3)c12. The summed E-state index contributed by atoms with van der Waals surface area (Å²) in [7, 11) is 0. The zero-order valence-electron chi connectivity index (χ0n) is 16.5. The van der Waals surface area contributed by atoms with Crippen molar-refractivity contribution in [2.45, 2.75) is 33.2 Å². The highest BCUT2D eigenvalue weighted by molar-refractivity contribution is 6.26. The van der Waals surface area contributed by atoms with Gasteiger partial charge in [-0.3, -0.25) is 4.99 Å². The molecule has 5 rings (SSSR count). The van der Waals surface area contributed by atoms with Gasteiger partial charge in [0.25, 0.3) is 0 Å². The third-order valence-corrected chi connectivity index (χ3v) is 6.10. The van der Waals surface area contributed by atoms with E-state index in [9.17, 15) is 0 Å². The summed E-state index contributed by atoms with van der Waals surface area (Å²) in [5.41, 5.74) is 22.0. The molecule has 142 valence electrons. The zero-order valence-corrected chi connectivity index (χ0v) is 16.5. The van der Waals surface area contributed by atoms with Crippen molar-refractivity contribution in [1.29, 1.82) is 0 Å². The molecule has 0 unspecified atom stereocenters. The number of hydrogen-bond donors (Lipinski definition) is 2.